The molecule has 2 heterocycles. The van der Waals surface area contributed by atoms with Gasteiger partial charge in [-0.25, -0.2) is 0 Å². The maximum atomic E-state index is 6.18. The minimum Gasteiger partial charge on any atom is -0.378 e. The Morgan fingerprint density at radius 3 is 3.06 bits per heavy atom. The number of aryl methyl sites for hydroxylation is 2. The third kappa shape index (κ3) is 3.30. The Bertz CT molecular complexity index is 356. The van der Waals surface area contributed by atoms with Gasteiger partial charge in [0.15, 0.2) is 0 Å². The first-order chi connectivity index (χ1) is 8.19. The van der Waals surface area contributed by atoms with Crippen molar-refractivity contribution in [1.82, 2.24) is 9.78 Å². The SMILES string of the molecule is CCc1cc(CC(N)CC2CCCO2)n(C)n1. The first kappa shape index (κ1) is 12.6. The fraction of sp³-hybridized carbons (Fsp3) is 0.769. The van der Waals surface area contributed by atoms with Crippen molar-refractivity contribution in [3.63, 3.8) is 0 Å². The van der Waals surface area contributed by atoms with E-state index in [1.165, 1.54) is 18.5 Å². The van der Waals surface area contributed by atoms with Crippen molar-refractivity contribution in [1.29, 1.82) is 0 Å². The van der Waals surface area contributed by atoms with Gasteiger partial charge >= 0.3 is 0 Å². The minimum absolute atomic E-state index is 0.179. The van der Waals surface area contributed by atoms with Crippen molar-refractivity contribution in [3.05, 3.63) is 17.5 Å². The zero-order valence-corrected chi connectivity index (χ0v) is 10.9. The van der Waals surface area contributed by atoms with Crippen LogP contribution in [0.3, 0.4) is 0 Å². The first-order valence-electron chi connectivity index (χ1n) is 6.58. The average molecular weight is 237 g/mol. The quantitative estimate of drug-likeness (QED) is 0.842. The molecule has 0 amide bonds. The number of rotatable bonds is 5. The standard InChI is InChI=1S/C13H23N3O/c1-3-11-9-12(16(2)15-11)7-10(14)8-13-5-4-6-17-13/h9-10,13H,3-8,14H2,1-2H3. The molecule has 2 unspecified atom stereocenters. The van der Waals surface area contributed by atoms with Gasteiger partial charge in [-0.05, 0) is 31.7 Å². The van der Waals surface area contributed by atoms with Crippen LogP contribution in [-0.2, 0) is 24.6 Å². The van der Waals surface area contributed by atoms with Gasteiger partial charge in [0.05, 0.1) is 11.8 Å². The van der Waals surface area contributed by atoms with Crippen molar-refractivity contribution in [2.45, 2.75) is 51.2 Å². The van der Waals surface area contributed by atoms with E-state index in [4.69, 9.17) is 10.5 Å². The highest BCUT2D eigenvalue weighted by Crippen LogP contribution is 2.18. The molecule has 0 aliphatic carbocycles. The van der Waals surface area contributed by atoms with Crippen LogP contribution in [-0.4, -0.2) is 28.5 Å². The van der Waals surface area contributed by atoms with Crippen LogP contribution in [0.5, 0.6) is 0 Å². The van der Waals surface area contributed by atoms with E-state index in [9.17, 15) is 0 Å². The van der Waals surface area contributed by atoms with E-state index in [0.717, 1.165) is 31.6 Å². The Morgan fingerprint density at radius 2 is 2.47 bits per heavy atom. The Morgan fingerprint density at radius 1 is 1.65 bits per heavy atom. The van der Waals surface area contributed by atoms with Crippen molar-refractivity contribution in [2.24, 2.45) is 12.8 Å². The molecular formula is C13H23N3O. The maximum Gasteiger partial charge on any atom is 0.0624 e. The predicted octanol–water partition coefficient (Wildman–Crippen LogP) is 1.42. The molecule has 1 aliphatic rings. The van der Waals surface area contributed by atoms with Gasteiger partial charge in [-0.1, -0.05) is 6.92 Å². The molecule has 0 bridgehead atoms. The highest BCUT2D eigenvalue weighted by molar-refractivity contribution is 5.11. The van der Waals surface area contributed by atoms with Gasteiger partial charge in [-0.15, -0.1) is 0 Å². The zero-order valence-electron chi connectivity index (χ0n) is 10.9. The number of hydrogen-bond donors (Lipinski definition) is 1. The molecule has 0 radical (unpaired) electrons. The molecule has 0 aromatic carbocycles. The van der Waals surface area contributed by atoms with E-state index in [1.807, 2.05) is 11.7 Å². The summed E-state index contributed by atoms with van der Waals surface area (Å²) in [5, 5.41) is 4.44. The van der Waals surface area contributed by atoms with Crippen LogP contribution in [0.1, 0.15) is 37.6 Å². The Labute approximate surface area is 103 Å². The lowest BCUT2D eigenvalue weighted by Gasteiger charge is -2.15. The number of hydrogen-bond acceptors (Lipinski definition) is 3. The molecule has 2 rings (SSSR count). The van der Waals surface area contributed by atoms with Gasteiger partial charge in [0.2, 0.25) is 0 Å². The van der Waals surface area contributed by atoms with Gasteiger partial charge < -0.3 is 10.5 Å². The molecule has 2 N–H and O–H groups in total. The van der Waals surface area contributed by atoms with Crippen LogP contribution in [0.15, 0.2) is 6.07 Å². The second-order valence-electron chi connectivity index (χ2n) is 4.94. The fourth-order valence-corrected chi connectivity index (χ4v) is 2.46. The fourth-order valence-electron chi connectivity index (χ4n) is 2.46. The summed E-state index contributed by atoms with van der Waals surface area (Å²) >= 11 is 0. The summed E-state index contributed by atoms with van der Waals surface area (Å²) in [6.45, 7) is 3.03. The van der Waals surface area contributed by atoms with Crippen molar-refractivity contribution in [2.75, 3.05) is 6.61 Å². The normalized spacial score (nSPS) is 21.9. The molecular weight excluding hydrogens is 214 g/mol. The number of aromatic nitrogens is 2. The molecule has 96 valence electrons. The second-order valence-corrected chi connectivity index (χ2v) is 4.94. The second kappa shape index (κ2) is 5.65. The summed E-state index contributed by atoms with van der Waals surface area (Å²) in [7, 11) is 1.99. The van der Waals surface area contributed by atoms with Crippen LogP contribution >= 0.6 is 0 Å². The molecule has 1 saturated heterocycles. The first-order valence-corrected chi connectivity index (χ1v) is 6.58. The summed E-state index contributed by atoms with van der Waals surface area (Å²) in [6.07, 6.45) is 5.57. The van der Waals surface area contributed by atoms with Crippen LogP contribution in [0.4, 0.5) is 0 Å². The van der Waals surface area contributed by atoms with Gasteiger partial charge in [0, 0.05) is 31.8 Å². The van der Waals surface area contributed by atoms with Gasteiger partial charge in [-0.2, -0.15) is 5.10 Å². The monoisotopic (exact) mass is 237 g/mol. The van der Waals surface area contributed by atoms with E-state index in [0.29, 0.717) is 6.10 Å². The summed E-state index contributed by atoms with van der Waals surface area (Å²) in [5.41, 5.74) is 8.56. The van der Waals surface area contributed by atoms with Crippen LogP contribution in [0, 0.1) is 0 Å². The van der Waals surface area contributed by atoms with Crippen molar-refractivity contribution >= 4 is 0 Å². The molecule has 2 atom stereocenters. The molecule has 0 saturated carbocycles. The Balaban J connectivity index is 1.87. The lowest BCUT2D eigenvalue weighted by atomic mass is 10.0. The highest BCUT2D eigenvalue weighted by atomic mass is 16.5. The summed E-state index contributed by atoms with van der Waals surface area (Å²) in [4.78, 5) is 0. The lowest BCUT2D eigenvalue weighted by molar-refractivity contribution is 0.0982. The molecule has 0 spiro atoms. The summed E-state index contributed by atoms with van der Waals surface area (Å²) < 4.78 is 7.57. The van der Waals surface area contributed by atoms with E-state index in [1.54, 1.807) is 0 Å². The lowest BCUT2D eigenvalue weighted by Crippen LogP contribution is -2.28. The topological polar surface area (TPSA) is 53.1 Å². The smallest absolute Gasteiger partial charge is 0.0624 e. The molecule has 17 heavy (non-hydrogen) atoms. The zero-order chi connectivity index (χ0) is 12.3. The van der Waals surface area contributed by atoms with Gasteiger partial charge in [0.25, 0.3) is 0 Å². The number of nitrogens with zero attached hydrogens (tertiary/aromatic N) is 2. The summed E-state index contributed by atoms with van der Waals surface area (Å²) in [5.74, 6) is 0. The van der Waals surface area contributed by atoms with E-state index in [-0.39, 0.29) is 6.04 Å². The minimum atomic E-state index is 0.179. The number of ether oxygens (including phenoxy) is 1. The van der Waals surface area contributed by atoms with Crippen molar-refractivity contribution in [3.8, 4) is 0 Å². The predicted molar refractivity (Wildman–Crippen MR) is 67.9 cm³/mol. The third-order valence-corrected chi connectivity index (χ3v) is 3.45. The van der Waals surface area contributed by atoms with E-state index >= 15 is 0 Å². The van der Waals surface area contributed by atoms with Crippen LogP contribution < -0.4 is 5.73 Å². The molecule has 1 fully saturated rings. The van der Waals surface area contributed by atoms with Gasteiger partial charge in [-0.3, -0.25) is 4.68 Å². The average Bonchev–Trinajstić information content (AvgIpc) is 2.89. The summed E-state index contributed by atoms with van der Waals surface area (Å²) in [6, 6.07) is 2.34. The van der Waals surface area contributed by atoms with Crippen LogP contribution in [0.25, 0.3) is 0 Å². The largest absolute Gasteiger partial charge is 0.378 e. The van der Waals surface area contributed by atoms with Crippen molar-refractivity contribution < 1.29 is 4.74 Å². The Kier molecular flexibility index (Phi) is 4.18. The molecule has 1 aliphatic heterocycles. The van der Waals surface area contributed by atoms with Gasteiger partial charge in [0.1, 0.15) is 0 Å². The third-order valence-electron chi connectivity index (χ3n) is 3.45. The Hall–Kier alpha value is -0.870. The van der Waals surface area contributed by atoms with E-state index < -0.39 is 0 Å². The molecule has 1 aromatic heterocycles. The van der Waals surface area contributed by atoms with E-state index in [2.05, 4.69) is 18.1 Å². The maximum absolute atomic E-state index is 6.18. The molecule has 1 aromatic rings. The molecule has 4 heteroatoms. The highest BCUT2D eigenvalue weighted by Gasteiger charge is 2.19. The van der Waals surface area contributed by atoms with Crippen LogP contribution in [0.2, 0.25) is 0 Å². The molecule has 4 nitrogen and oxygen atoms in total. The number of nitrogens with two attached hydrogens (primary N) is 1.